The van der Waals surface area contributed by atoms with Crippen LogP contribution in [0.15, 0.2) is 18.6 Å². The molecular formula is C12H14ClN7O2. The number of anilines is 2. The van der Waals surface area contributed by atoms with Gasteiger partial charge in [0, 0.05) is 12.4 Å². The first-order chi connectivity index (χ1) is 10.6. The number of carbonyl (C=O) groups is 1. The van der Waals surface area contributed by atoms with Crippen LogP contribution in [0.5, 0.6) is 0 Å². The largest absolute Gasteiger partial charge is 0.394 e. The van der Waals surface area contributed by atoms with Crippen LogP contribution in [0.2, 0.25) is 5.28 Å². The monoisotopic (exact) mass is 323 g/mol. The van der Waals surface area contributed by atoms with E-state index in [0.29, 0.717) is 6.42 Å². The maximum Gasteiger partial charge on any atom is 0.278 e. The molecular weight excluding hydrogens is 310 g/mol. The van der Waals surface area contributed by atoms with Crippen LogP contribution in [0.4, 0.5) is 11.9 Å². The number of aliphatic hydroxyl groups is 1. The van der Waals surface area contributed by atoms with Crippen molar-refractivity contribution in [3.63, 3.8) is 0 Å². The third-order valence-electron chi connectivity index (χ3n) is 2.68. The second-order valence-corrected chi connectivity index (χ2v) is 4.57. The van der Waals surface area contributed by atoms with E-state index in [0.717, 1.165) is 0 Å². The zero-order chi connectivity index (χ0) is 15.9. The van der Waals surface area contributed by atoms with E-state index in [1.807, 2.05) is 6.92 Å². The normalized spacial score (nSPS) is 11.8. The highest BCUT2D eigenvalue weighted by Crippen LogP contribution is 2.11. The molecule has 0 aliphatic rings. The summed E-state index contributed by atoms with van der Waals surface area (Å²) in [6.45, 7) is 1.81. The second-order valence-electron chi connectivity index (χ2n) is 4.23. The van der Waals surface area contributed by atoms with Gasteiger partial charge < -0.3 is 10.4 Å². The van der Waals surface area contributed by atoms with Crippen molar-refractivity contribution in [2.24, 2.45) is 0 Å². The number of amides is 1. The lowest BCUT2D eigenvalue weighted by Gasteiger charge is -2.14. The van der Waals surface area contributed by atoms with Gasteiger partial charge in [0.1, 0.15) is 5.69 Å². The lowest BCUT2D eigenvalue weighted by molar-refractivity contribution is 0.102. The molecule has 0 aliphatic carbocycles. The predicted octanol–water partition coefficient (Wildman–Crippen LogP) is 0.750. The third kappa shape index (κ3) is 4.30. The molecule has 0 saturated heterocycles. The van der Waals surface area contributed by atoms with Gasteiger partial charge in [0.25, 0.3) is 5.91 Å². The number of rotatable bonds is 6. The molecule has 116 valence electrons. The molecule has 1 unspecified atom stereocenters. The zero-order valence-electron chi connectivity index (χ0n) is 11.7. The Morgan fingerprint density at radius 3 is 2.73 bits per heavy atom. The second kappa shape index (κ2) is 7.57. The number of halogens is 1. The Labute approximate surface area is 131 Å². The van der Waals surface area contributed by atoms with Crippen molar-refractivity contribution >= 4 is 29.4 Å². The average molecular weight is 324 g/mol. The highest BCUT2D eigenvalue weighted by Gasteiger charge is 2.13. The van der Waals surface area contributed by atoms with Crippen molar-refractivity contribution in [1.29, 1.82) is 0 Å². The number of aromatic nitrogens is 5. The van der Waals surface area contributed by atoms with Gasteiger partial charge in [0.15, 0.2) is 0 Å². The molecule has 3 N–H and O–H groups in total. The summed E-state index contributed by atoms with van der Waals surface area (Å²) in [6.07, 6.45) is 4.84. The molecule has 0 aromatic carbocycles. The van der Waals surface area contributed by atoms with Crippen molar-refractivity contribution < 1.29 is 9.90 Å². The summed E-state index contributed by atoms with van der Waals surface area (Å²) in [4.78, 5) is 31.4. The van der Waals surface area contributed by atoms with E-state index in [2.05, 4.69) is 35.6 Å². The molecule has 1 amide bonds. The first-order valence-electron chi connectivity index (χ1n) is 6.48. The topological polar surface area (TPSA) is 126 Å². The predicted molar refractivity (Wildman–Crippen MR) is 79.6 cm³/mol. The molecule has 9 nitrogen and oxygen atoms in total. The Morgan fingerprint density at radius 1 is 1.32 bits per heavy atom. The number of carbonyl (C=O) groups excluding carboxylic acids is 1. The van der Waals surface area contributed by atoms with Crippen LogP contribution >= 0.6 is 11.6 Å². The Bertz CT molecular complexity index is 637. The maximum atomic E-state index is 12.0. The molecule has 0 aliphatic heterocycles. The van der Waals surface area contributed by atoms with E-state index in [4.69, 9.17) is 16.7 Å². The van der Waals surface area contributed by atoms with Crippen LogP contribution in [0, 0.1) is 0 Å². The highest BCUT2D eigenvalue weighted by molar-refractivity contribution is 6.28. The Hall–Kier alpha value is -2.39. The molecule has 2 rings (SSSR count). The van der Waals surface area contributed by atoms with Gasteiger partial charge in [-0.15, -0.1) is 0 Å². The minimum Gasteiger partial charge on any atom is -0.394 e. The van der Waals surface area contributed by atoms with Crippen molar-refractivity contribution in [2.75, 3.05) is 17.2 Å². The molecule has 0 fully saturated rings. The third-order valence-corrected chi connectivity index (χ3v) is 2.84. The number of hydrogen-bond donors (Lipinski definition) is 3. The first kappa shape index (κ1) is 16.0. The van der Waals surface area contributed by atoms with E-state index in [1.165, 1.54) is 18.6 Å². The van der Waals surface area contributed by atoms with Gasteiger partial charge in [-0.3, -0.25) is 15.1 Å². The molecule has 0 saturated carbocycles. The van der Waals surface area contributed by atoms with E-state index in [-0.39, 0.29) is 35.5 Å². The molecule has 0 spiro atoms. The van der Waals surface area contributed by atoms with Crippen LogP contribution in [-0.2, 0) is 0 Å². The van der Waals surface area contributed by atoms with Gasteiger partial charge in [0.2, 0.25) is 17.2 Å². The van der Waals surface area contributed by atoms with Gasteiger partial charge in [-0.05, 0) is 18.0 Å². The van der Waals surface area contributed by atoms with Crippen molar-refractivity contribution in [3.05, 3.63) is 29.6 Å². The van der Waals surface area contributed by atoms with E-state index < -0.39 is 5.91 Å². The minimum atomic E-state index is -0.518. The molecule has 2 aromatic rings. The van der Waals surface area contributed by atoms with Gasteiger partial charge >= 0.3 is 0 Å². The number of aliphatic hydroxyl groups excluding tert-OH is 1. The summed E-state index contributed by atoms with van der Waals surface area (Å²) in [7, 11) is 0. The minimum absolute atomic E-state index is 0.0223. The fourth-order valence-electron chi connectivity index (χ4n) is 1.51. The quantitative estimate of drug-likeness (QED) is 0.711. The summed E-state index contributed by atoms with van der Waals surface area (Å²) < 4.78 is 0. The molecule has 1 atom stereocenters. The number of nitrogens with zero attached hydrogens (tertiary/aromatic N) is 5. The Kier molecular flexibility index (Phi) is 5.50. The van der Waals surface area contributed by atoms with Crippen LogP contribution in [0.25, 0.3) is 0 Å². The lowest BCUT2D eigenvalue weighted by atomic mass is 10.2. The van der Waals surface area contributed by atoms with Crippen molar-refractivity contribution in [1.82, 2.24) is 24.9 Å². The summed E-state index contributed by atoms with van der Waals surface area (Å²) in [6, 6.07) is -0.220. The number of nitrogens with one attached hydrogen (secondary N) is 2. The van der Waals surface area contributed by atoms with Crippen molar-refractivity contribution in [2.45, 2.75) is 19.4 Å². The standard InChI is InChI=1S/C12H14ClN7O2/c1-2-7(6-21)16-11-18-10(13)19-12(20-11)17-9(22)8-5-14-3-4-15-8/h3-5,7,21H,2,6H2,1H3,(H2,16,17,18,19,20,22). The summed E-state index contributed by atoms with van der Waals surface area (Å²) in [5.74, 6) is -0.378. The fourth-order valence-corrected chi connectivity index (χ4v) is 1.67. The molecule has 0 bridgehead atoms. The zero-order valence-corrected chi connectivity index (χ0v) is 12.4. The van der Waals surface area contributed by atoms with E-state index in [1.54, 1.807) is 0 Å². The van der Waals surface area contributed by atoms with Gasteiger partial charge in [-0.2, -0.15) is 15.0 Å². The molecule has 2 heterocycles. The van der Waals surface area contributed by atoms with Crippen LogP contribution in [-0.4, -0.2) is 48.6 Å². The van der Waals surface area contributed by atoms with E-state index >= 15 is 0 Å². The summed E-state index contributed by atoms with van der Waals surface area (Å²) in [5, 5.41) is 14.4. The lowest BCUT2D eigenvalue weighted by Crippen LogP contribution is -2.25. The first-order valence-corrected chi connectivity index (χ1v) is 6.86. The fraction of sp³-hybridized carbons (Fsp3) is 0.333. The Morgan fingerprint density at radius 2 is 2.09 bits per heavy atom. The van der Waals surface area contributed by atoms with Gasteiger partial charge in [-0.25, -0.2) is 4.98 Å². The molecule has 2 aromatic heterocycles. The maximum absolute atomic E-state index is 12.0. The van der Waals surface area contributed by atoms with Gasteiger partial charge in [0.05, 0.1) is 18.8 Å². The van der Waals surface area contributed by atoms with Crippen LogP contribution in [0.3, 0.4) is 0 Å². The SMILES string of the molecule is CCC(CO)Nc1nc(Cl)nc(NC(=O)c2cnccn2)n1. The van der Waals surface area contributed by atoms with Crippen LogP contribution < -0.4 is 10.6 Å². The molecule has 22 heavy (non-hydrogen) atoms. The average Bonchev–Trinajstić information content (AvgIpc) is 2.53. The molecule has 0 radical (unpaired) electrons. The highest BCUT2D eigenvalue weighted by atomic mass is 35.5. The summed E-state index contributed by atoms with van der Waals surface area (Å²) in [5.41, 5.74) is 0.121. The number of hydrogen-bond acceptors (Lipinski definition) is 8. The van der Waals surface area contributed by atoms with Crippen molar-refractivity contribution in [3.8, 4) is 0 Å². The Balaban J connectivity index is 2.14. The van der Waals surface area contributed by atoms with Crippen LogP contribution in [0.1, 0.15) is 23.8 Å². The smallest absolute Gasteiger partial charge is 0.278 e. The van der Waals surface area contributed by atoms with E-state index in [9.17, 15) is 4.79 Å². The summed E-state index contributed by atoms with van der Waals surface area (Å²) >= 11 is 5.81. The van der Waals surface area contributed by atoms with Gasteiger partial charge in [-0.1, -0.05) is 6.92 Å². The molecule has 10 heteroatoms.